The first-order chi connectivity index (χ1) is 22.0. The summed E-state index contributed by atoms with van der Waals surface area (Å²) in [7, 11) is 0. The second-order valence-corrected chi connectivity index (χ2v) is 9.28. The summed E-state index contributed by atoms with van der Waals surface area (Å²) in [6.45, 7) is 13.6. The van der Waals surface area contributed by atoms with Crippen LogP contribution >= 0.6 is 0 Å². The molecule has 0 heterocycles. The van der Waals surface area contributed by atoms with E-state index in [1.165, 1.54) is 0 Å². The van der Waals surface area contributed by atoms with Crippen molar-refractivity contribution < 1.29 is 71.5 Å². The summed E-state index contributed by atoms with van der Waals surface area (Å²) in [6.07, 6.45) is 0.223. The molecule has 0 aliphatic carbocycles. The highest BCUT2D eigenvalue weighted by Gasteiger charge is 2.03. The average molecular weight is 660 g/mol. The SMILES string of the molecule is CC(C)OCCOCCOCCOCCOCCOCCOCCOCCOCCOCCOCCNC(=O)COCC(=O)O. The normalized spacial score (nSPS) is 11.4. The van der Waals surface area contributed by atoms with Crippen molar-refractivity contribution in [3.8, 4) is 0 Å². The first-order valence-electron chi connectivity index (χ1n) is 15.5. The Balaban J connectivity index is 3.09. The molecule has 0 unspecified atom stereocenters. The van der Waals surface area contributed by atoms with E-state index in [2.05, 4.69) is 10.1 Å². The van der Waals surface area contributed by atoms with Crippen molar-refractivity contribution in [2.24, 2.45) is 0 Å². The highest BCUT2D eigenvalue weighted by Crippen LogP contribution is 1.89. The lowest BCUT2D eigenvalue weighted by Gasteiger charge is -2.09. The van der Waals surface area contributed by atoms with Crippen LogP contribution in [0.3, 0.4) is 0 Å². The Bertz CT molecular complexity index is 630. The average Bonchev–Trinajstić information content (AvgIpc) is 3.01. The van der Waals surface area contributed by atoms with Gasteiger partial charge in [-0.3, -0.25) is 4.79 Å². The molecular weight excluding hydrogens is 602 g/mol. The second-order valence-electron chi connectivity index (χ2n) is 9.28. The first-order valence-corrected chi connectivity index (χ1v) is 15.5. The monoisotopic (exact) mass is 659 g/mol. The van der Waals surface area contributed by atoms with E-state index in [-0.39, 0.29) is 12.7 Å². The molecule has 0 spiro atoms. The Hall–Kier alpha value is -1.54. The third-order valence-corrected chi connectivity index (χ3v) is 5.05. The lowest BCUT2D eigenvalue weighted by atomic mass is 10.5. The van der Waals surface area contributed by atoms with E-state index in [0.29, 0.717) is 145 Å². The van der Waals surface area contributed by atoms with E-state index in [4.69, 9.17) is 57.2 Å². The van der Waals surface area contributed by atoms with E-state index >= 15 is 0 Å². The number of carboxylic acids is 1. The van der Waals surface area contributed by atoms with Gasteiger partial charge in [0.2, 0.25) is 5.91 Å². The fraction of sp³-hybridized carbons (Fsp3) is 0.931. The van der Waals surface area contributed by atoms with Gasteiger partial charge in [0, 0.05) is 6.54 Å². The molecule has 0 bridgehead atoms. The fourth-order valence-corrected chi connectivity index (χ4v) is 2.97. The number of ether oxygens (including phenoxy) is 12. The maximum Gasteiger partial charge on any atom is 0.329 e. The van der Waals surface area contributed by atoms with Crippen molar-refractivity contribution in [2.75, 3.05) is 159 Å². The van der Waals surface area contributed by atoms with Crippen molar-refractivity contribution in [3.05, 3.63) is 0 Å². The number of aliphatic carboxylic acids is 1. The summed E-state index contributed by atoms with van der Waals surface area (Å²) < 4.78 is 64.3. The number of rotatable bonds is 38. The third kappa shape index (κ3) is 40.4. The van der Waals surface area contributed by atoms with Crippen LogP contribution in [0.25, 0.3) is 0 Å². The van der Waals surface area contributed by atoms with Gasteiger partial charge in [-0.2, -0.15) is 0 Å². The van der Waals surface area contributed by atoms with Crippen molar-refractivity contribution in [1.82, 2.24) is 5.32 Å². The molecule has 0 saturated carbocycles. The predicted molar refractivity (Wildman–Crippen MR) is 161 cm³/mol. The standard InChI is InChI=1S/C29H57NO15/c1-27(2)45-24-23-43-22-21-42-20-19-41-18-17-40-16-15-39-14-13-38-12-11-37-10-9-36-8-7-35-6-5-34-4-3-30-28(31)25-44-26-29(32)33/h27H,3-26H2,1-2H3,(H,30,31)(H,32,33). The molecule has 0 aliphatic rings. The molecule has 268 valence electrons. The van der Waals surface area contributed by atoms with Crippen LogP contribution in [0.2, 0.25) is 0 Å². The van der Waals surface area contributed by atoms with Gasteiger partial charge in [-0.25, -0.2) is 4.79 Å². The highest BCUT2D eigenvalue weighted by atomic mass is 16.6. The maximum absolute atomic E-state index is 11.3. The molecule has 0 radical (unpaired) electrons. The molecule has 0 aromatic carbocycles. The summed E-state index contributed by atoms with van der Waals surface area (Å²) in [5, 5.41) is 11.0. The molecule has 0 atom stereocenters. The van der Waals surface area contributed by atoms with Gasteiger partial charge < -0.3 is 67.3 Å². The van der Waals surface area contributed by atoms with Gasteiger partial charge in [-0.15, -0.1) is 0 Å². The molecular formula is C29H57NO15. The van der Waals surface area contributed by atoms with E-state index in [9.17, 15) is 9.59 Å². The number of nitrogens with one attached hydrogen (secondary N) is 1. The lowest BCUT2D eigenvalue weighted by molar-refractivity contribution is -0.143. The molecule has 0 aromatic heterocycles. The van der Waals surface area contributed by atoms with Gasteiger partial charge in [0.25, 0.3) is 0 Å². The minimum atomic E-state index is -1.12. The van der Waals surface area contributed by atoms with Crippen molar-refractivity contribution in [2.45, 2.75) is 20.0 Å². The zero-order valence-corrected chi connectivity index (χ0v) is 27.2. The topological polar surface area (TPSA) is 177 Å². The lowest BCUT2D eigenvalue weighted by Crippen LogP contribution is -2.31. The Labute approximate surface area is 267 Å². The zero-order chi connectivity index (χ0) is 32.9. The minimum Gasteiger partial charge on any atom is -0.480 e. The summed E-state index contributed by atoms with van der Waals surface area (Å²) >= 11 is 0. The Morgan fingerprint density at radius 2 is 0.733 bits per heavy atom. The molecule has 45 heavy (non-hydrogen) atoms. The number of hydrogen-bond donors (Lipinski definition) is 2. The Kier molecular flexibility index (Phi) is 35.7. The van der Waals surface area contributed by atoms with Crippen LogP contribution in [-0.4, -0.2) is 182 Å². The summed E-state index contributed by atoms with van der Waals surface area (Å²) in [4.78, 5) is 21.6. The Morgan fingerprint density at radius 3 is 1.02 bits per heavy atom. The predicted octanol–water partition coefficient (Wildman–Crippen LogP) is -0.205. The van der Waals surface area contributed by atoms with Gasteiger partial charge in [0.05, 0.1) is 145 Å². The Morgan fingerprint density at radius 1 is 0.444 bits per heavy atom. The van der Waals surface area contributed by atoms with Crippen LogP contribution in [0.5, 0.6) is 0 Å². The largest absolute Gasteiger partial charge is 0.480 e. The quantitative estimate of drug-likeness (QED) is 0.0832. The van der Waals surface area contributed by atoms with Gasteiger partial charge in [-0.05, 0) is 13.8 Å². The van der Waals surface area contributed by atoms with Crippen LogP contribution in [0.1, 0.15) is 13.8 Å². The van der Waals surface area contributed by atoms with E-state index in [1.54, 1.807) is 0 Å². The van der Waals surface area contributed by atoms with Crippen LogP contribution in [-0.2, 0) is 66.4 Å². The first kappa shape index (κ1) is 43.5. The van der Waals surface area contributed by atoms with E-state index < -0.39 is 18.5 Å². The summed E-state index contributed by atoms with van der Waals surface area (Å²) in [5.41, 5.74) is 0. The molecule has 1 amide bonds. The molecule has 0 saturated heterocycles. The minimum absolute atomic E-state index is 0.223. The zero-order valence-electron chi connectivity index (χ0n) is 27.2. The smallest absolute Gasteiger partial charge is 0.329 e. The molecule has 0 fully saturated rings. The van der Waals surface area contributed by atoms with Gasteiger partial charge in [0.15, 0.2) is 0 Å². The molecule has 0 aromatic rings. The fourth-order valence-electron chi connectivity index (χ4n) is 2.97. The van der Waals surface area contributed by atoms with Gasteiger partial charge in [0.1, 0.15) is 13.2 Å². The number of amides is 1. The van der Waals surface area contributed by atoms with Crippen molar-refractivity contribution in [3.63, 3.8) is 0 Å². The third-order valence-electron chi connectivity index (χ3n) is 5.05. The van der Waals surface area contributed by atoms with Crippen LogP contribution in [0, 0.1) is 0 Å². The second kappa shape index (κ2) is 36.9. The summed E-state index contributed by atoms with van der Waals surface area (Å²) in [6, 6.07) is 0. The number of carboxylic acid groups (broad SMARTS) is 1. The highest BCUT2D eigenvalue weighted by molar-refractivity contribution is 5.77. The molecule has 0 aliphatic heterocycles. The molecule has 16 heteroatoms. The van der Waals surface area contributed by atoms with E-state index in [1.807, 2.05) is 13.8 Å². The molecule has 0 rings (SSSR count). The maximum atomic E-state index is 11.3. The van der Waals surface area contributed by atoms with Crippen molar-refractivity contribution in [1.29, 1.82) is 0 Å². The van der Waals surface area contributed by atoms with Gasteiger partial charge in [-0.1, -0.05) is 0 Å². The molecule has 2 N–H and O–H groups in total. The number of hydrogen-bond acceptors (Lipinski definition) is 14. The van der Waals surface area contributed by atoms with Gasteiger partial charge >= 0.3 is 5.97 Å². The number of carbonyl (C=O) groups excluding carboxylic acids is 1. The van der Waals surface area contributed by atoms with Crippen molar-refractivity contribution >= 4 is 11.9 Å². The van der Waals surface area contributed by atoms with Crippen LogP contribution < -0.4 is 5.32 Å². The van der Waals surface area contributed by atoms with Crippen LogP contribution in [0.4, 0.5) is 0 Å². The van der Waals surface area contributed by atoms with E-state index in [0.717, 1.165) is 0 Å². The number of carbonyl (C=O) groups is 2. The molecule has 16 nitrogen and oxygen atoms in total. The summed E-state index contributed by atoms with van der Waals surface area (Å²) in [5.74, 6) is -1.52. The van der Waals surface area contributed by atoms with Crippen LogP contribution in [0.15, 0.2) is 0 Å².